The molecule has 2 heterocycles. The lowest BCUT2D eigenvalue weighted by atomic mass is 9.85. The maximum Gasteiger partial charge on any atom is 0.305 e. The molecule has 2 amide bonds. The fourth-order valence-electron chi connectivity index (χ4n) is 6.38. The molecule has 2 aliphatic rings. The lowest BCUT2D eigenvalue weighted by Gasteiger charge is -2.28. The first kappa shape index (κ1) is 36.5. The van der Waals surface area contributed by atoms with Crippen molar-refractivity contribution in [2.75, 3.05) is 13.3 Å². The standard InChI is InChI=1S/C37H34Cl2N4O9/c1-18(2)33(43-36(49)20-7-8-28-29(12-20)52-17-51-28)35(48)32-24-6-4-3-5-19(24)11-25(32)40-15-30(44)41-26(14-31(45)46)34(47)37-42-27(16-50-37)21-9-22(38)13-23(39)10-21/h3-10,12-13,16,18,25-26,32-33,40H,11,14-15,17H2,1-2H3,(H,41,44)(H,43,49)(H,45,46)/t25?,26-,32?,33-/m0/s1. The molecule has 4 N–H and O–H groups in total. The van der Waals surface area contributed by atoms with Crippen LogP contribution in [0.3, 0.4) is 0 Å². The Hall–Kier alpha value is -5.24. The smallest absolute Gasteiger partial charge is 0.305 e. The van der Waals surface area contributed by atoms with Gasteiger partial charge in [-0.1, -0.05) is 61.3 Å². The topological polar surface area (TPSA) is 186 Å². The van der Waals surface area contributed by atoms with Crippen molar-refractivity contribution in [3.05, 3.63) is 99.6 Å². The van der Waals surface area contributed by atoms with Crippen molar-refractivity contribution < 1.29 is 43.0 Å². The van der Waals surface area contributed by atoms with E-state index in [2.05, 4.69) is 20.9 Å². The molecule has 3 aromatic carbocycles. The fraction of sp³-hybridized carbons (Fsp3) is 0.297. The average Bonchev–Trinajstić information content (AvgIpc) is 3.86. The Kier molecular flexibility index (Phi) is 10.9. The Balaban J connectivity index is 1.15. The molecule has 52 heavy (non-hydrogen) atoms. The van der Waals surface area contributed by atoms with Crippen LogP contribution in [0, 0.1) is 5.92 Å². The summed E-state index contributed by atoms with van der Waals surface area (Å²) in [5.74, 6) is -4.03. The molecule has 2 unspecified atom stereocenters. The minimum atomic E-state index is -1.50. The second kappa shape index (κ2) is 15.6. The van der Waals surface area contributed by atoms with E-state index in [1.54, 1.807) is 30.3 Å². The summed E-state index contributed by atoms with van der Waals surface area (Å²) in [6.45, 7) is 3.37. The number of hydrogen-bond acceptors (Lipinski definition) is 10. The number of ether oxygens (including phenoxy) is 2. The van der Waals surface area contributed by atoms with Gasteiger partial charge in [0.25, 0.3) is 11.8 Å². The van der Waals surface area contributed by atoms with E-state index in [1.807, 2.05) is 38.1 Å². The van der Waals surface area contributed by atoms with Gasteiger partial charge < -0.3 is 34.9 Å². The van der Waals surface area contributed by atoms with Gasteiger partial charge in [0, 0.05) is 27.2 Å². The molecule has 0 spiro atoms. The first-order valence-electron chi connectivity index (χ1n) is 16.4. The molecule has 0 saturated heterocycles. The third kappa shape index (κ3) is 8.12. The molecule has 4 atom stereocenters. The largest absolute Gasteiger partial charge is 0.481 e. The number of carbonyl (C=O) groups excluding carboxylic acids is 4. The molecule has 1 aliphatic heterocycles. The van der Waals surface area contributed by atoms with E-state index in [-0.39, 0.29) is 30.7 Å². The number of nitrogens with one attached hydrogen (secondary N) is 3. The second-order valence-electron chi connectivity index (χ2n) is 12.8. The highest BCUT2D eigenvalue weighted by atomic mass is 35.5. The molecule has 0 fully saturated rings. The average molecular weight is 750 g/mol. The number of hydrogen-bond donors (Lipinski definition) is 4. The number of carboxylic acid groups (broad SMARTS) is 1. The summed E-state index contributed by atoms with van der Waals surface area (Å²) in [6, 6.07) is 13.9. The highest BCUT2D eigenvalue weighted by molar-refractivity contribution is 6.35. The number of carboxylic acids is 1. The molecule has 6 rings (SSSR count). The second-order valence-corrected chi connectivity index (χ2v) is 13.7. The number of aliphatic carboxylic acids is 1. The molecular weight excluding hydrogens is 715 g/mol. The lowest BCUT2D eigenvalue weighted by molar-refractivity contribution is -0.137. The van der Waals surface area contributed by atoms with Gasteiger partial charge in [0.2, 0.25) is 18.5 Å². The van der Waals surface area contributed by atoms with E-state index >= 15 is 0 Å². The van der Waals surface area contributed by atoms with E-state index in [0.29, 0.717) is 39.1 Å². The normalized spacial score (nSPS) is 16.9. The molecule has 0 saturated carbocycles. The third-order valence-corrected chi connectivity index (χ3v) is 9.30. The number of aromatic nitrogens is 1. The van der Waals surface area contributed by atoms with Crippen LogP contribution in [0.15, 0.2) is 71.3 Å². The molecule has 1 aromatic heterocycles. The molecule has 1 aliphatic carbocycles. The molecule has 0 bridgehead atoms. The van der Waals surface area contributed by atoms with Crippen LogP contribution in [-0.4, -0.2) is 70.9 Å². The van der Waals surface area contributed by atoms with Gasteiger partial charge in [-0.25, -0.2) is 4.98 Å². The van der Waals surface area contributed by atoms with Crippen molar-refractivity contribution in [2.45, 2.75) is 50.7 Å². The van der Waals surface area contributed by atoms with Gasteiger partial charge in [0.1, 0.15) is 18.0 Å². The zero-order valence-corrected chi connectivity index (χ0v) is 29.5. The monoisotopic (exact) mass is 748 g/mol. The van der Waals surface area contributed by atoms with Crippen LogP contribution in [0.5, 0.6) is 11.5 Å². The van der Waals surface area contributed by atoms with Gasteiger partial charge in [-0.05, 0) is 59.9 Å². The van der Waals surface area contributed by atoms with Crippen molar-refractivity contribution in [3.63, 3.8) is 0 Å². The van der Waals surface area contributed by atoms with Crippen molar-refractivity contribution in [1.29, 1.82) is 0 Å². The number of oxazole rings is 1. The maximum atomic E-state index is 14.3. The summed E-state index contributed by atoms with van der Waals surface area (Å²) in [7, 11) is 0. The summed E-state index contributed by atoms with van der Waals surface area (Å²) in [6.07, 6.45) is 0.874. The van der Waals surface area contributed by atoms with Crippen molar-refractivity contribution >= 4 is 52.6 Å². The Morgan fingerprint density at radius 2 is 1.67 bits per heavy atom. The summed E-state index contributed by atoms with van der Waals surface area (Å²) in [4.78, 5) is 70.1. The van der Waals surface area contributed by atoms with Crippen molar-refractivity contribution in [3.8, 4) is 22.8 Å². The van der Waals surface area contributed by atoms with E-state index in [1.165, 1.54) is 12.3 Å². The quantitative estimate of drug-likeness (QED) is 0.129. The van der Waals surface area contributed by atoms with Crippen LogP contribution in [0.25, 0.3) is 11.3 Å². The predicted molar refractivity (Wildman–Crippen MR) is 189 cm³/mol. The predicted octanol–water partition coefficient (Wildman–Crippen LogP) is 4.84. The summed E-state index contributed by atoms with van der Waals surface area (Å²) < 4.78 is 16.1. The highest BCUT2D eigenvalue weighted by Crippen LogP contribution is 2.36. The zero-order valence-electron chi connectivity index (χ0n) is 28.0. The number of rotatable bonds is 14. The molecule has 13 nitrogen and oxygen atoms in total. The van der Waals surface area contributed by atoms with E-state index in [4.69, 9.17) is 37.1 Å². The van der Waals surface area contributed by atoms with Crippen LogP contribution >= 0.6 is 23.2 Å². The van der Waals surface area contributed by atoms with E-state index in [9.17, 15) is 29.1 Å². The van der Waals surface area contributed by atoms with Gasteiger partial charge in [0.05, 0.1) is 24.9 Å². The number of amides is 2. The van der Waals surface area contributed by atoms with E-state index < -0.39 is 59.9 Å². The number of benzene rings is 3. The molecule has 4 aromatic rings. The number of nitrogens with zero attached hydrogens (tertiary/aromatic N) is 1. The number of carbonyl (C=O) groups is 5. The van der Waals surface area contributed by atoms with Gasteiger partial charge in [-0.3, -0.25) is 24.0 Å². The minimum Gasteiger partial charge on any atom is -0.481 e. The van der Waals surface area contributed by atoms with Crippen molar-refractivity contribution in [2.24, 2.45) is 5.92 Å². The Morgan fingerprint density at radius 1 is 0.942 bits per heavy atom. The first-order chi connectivity index (χ1) is 24.9. The minimum absolute atomic E-state index is 0.0560. The Labute approximate surface area is 308 Å². The number of halogens is 2. The Bertz CT molecular complexity index is 2030. The van der Waals surface area contributed by atoms with E-state index in [0.717, 1.165) is 11.1 Å². The molecule has 15 heteroatoms. The number of fused-ring (bicyclic) bond motifs is 2. The molecule has 270 valence electrons. The molecule has 0 radical (unpaired) electrons. The third-order valence-electron chi connectivity index (χ3n) is 8.86. The SMILES string of the molecule is CC(C)[C@H](NC(=O)c1ccc2c(c1)OCO2)C(=O)C1c2ccccc2CC1NCC(=O)N[C@@H](CC(=O)O)C(=O)c1nc(-c2cc(Cl)cc(Cl)c2)co1. The van der Waals surface area contributed by atoms with Gasteiger partial charge in [-0.2, -0.15) is 0 Å². The lowest BCUT2D eigenvalue weighted by Crippen LogP contribution is -2.51. The van der Waals surface area contributed by atoms with Crippen LogP contribution < -0.4 is 25.4 Å². The first-order valence-corrected chi connectivity index (χ1v) is 17.2. The van der Waals surface area contributed by atoms with Gasteiger partial charge in [0.15, 0.2) is 17.3 Å². The van der Waals surface area contributed by atoms with Gasteiger partial charge in [-0.15, -0.1) is 0 Å². The van der Waals surface area contributed by atoms with Crippen LogP contribution in [0.2, 0.25) is 10.0 Å². The Morgan fingerprint density at radius 3 is 2.40 bits per heavy atom. The fourth-order valence-corrected chi connectivity index (χ4v) is 6.91. The van der Waals surface area contributed by atoms with Gasteiger partial charge >= 0.3 is 5.97 Å². The van der Waals surface area contributed by atoms with Crippen LogP contribution in [-0.2, 0) is 20.8 Å². The summed E-state index contributed by atoms with van der Waals surface area (Å²) in [5.41, 5.74) is 2.69. The van der Waals surface area contributed by atoms with Crippen molar-refractivity contribution in [1.82, 2.24) is 20.9 Å². The molecular formula is C37H34Cl2N4O9. The zero-order chi connectivity index (χ0) is 37.1. The van der Waals surface area contributed by atoms with Crippen LogP contribution in [0.4, 0.5) is 0 Å². The summed E-state index contributed by atoms with van der Waals surface area (Å²) in [5, 5.41) is 18.7. The summed E-state index contributed by atoms with van der Waals surface area (Å²) >= 11 is 12.2. The van der Waals surface area contributed by atoms with Crippen LogP contribution in [0.1, 0.15) is 58.4 Å². The number of Topliss-reactive ketones (excluding diaryl/α,β-unsaturated/α-hetero) is 2. The number of ketones is 2. The maximum absolute atomic E-state index is 14.3. The highest BCUT2D eigenvalue weighted by Gasteiger charge is 2.42.